The number of benzene rings is 4. The van der Waals surface area contributed by atoms with Crippen LogP contribution in [0.1, 0.15) is 43.5 Å². The first-order chi connectivity index (χ1) is 19.6. The lowest BCUT2D eigenvalue weighted by Crippen LogP contribution is -2.14. The van der Waals surface area contributed by atoms with Crippen molar-refractivity contribution in [2.75, 3.05) is 0 Å². The minimum atomic E-state index is -0.0544. The lowest BCUT2D eigenvalue weighted by molar-refractivity contribution is 0.661. The number of aromatic nitrogens is 3. The predicted molar refractivity (Wildman–Crippen MR) is 166 cm³/mol. The molecule has 0 saturated carbocycles. The first kappa shape index (κ1) is 23.2. The first-order valence-corrected chi connectivity index (χ1v) is 14.1. The smallest absolute Gasteiger partial charge is 0.235 e. The molecule has 0 bridgehead atoms. The molecule has 0 amide bonds. The zero-order chi connectivity index (χ0) is 26.8. The summed E-state index contributed by atoms with van der Waals surface area (Å²) in [5.41, 5.74) is 11.9. The SMILES string of the molecule is CC1(C)c2ccccc2-c2cc3c(cc21)c1ccccc1n3-c1nc(C2=CC=CCC2)cc(-c2ccccc2)n1. The molecular formula is C37H29N3. The van der Waals surface area contributed by atoms with Gasteiger partial charge in [-0.1, -0.05) is 105 Å². The average Bonchev–Trinajstić information content (AvgIpc) is 3.45. The van der Waals surface area contributed by atoms with Gasteiger partial charge in [-0.15, -0.1) is 0 Å². The molecule has 0 fully saturated rings. The van der Waals surface area contributed by atoms with Gasteiger partial charge in [0.25, 0.3) is 0 Å². The fourth-order valence-electron chi connectivity index (χ4n) is 6.65. The van der Waals surface area contributed by atoms with Gasteiger partial charge >= 0.3 is 0 Å². The van der Waals surface area contributed by atoms with E-state index in [1.165, 1.54) is 38.6 Å². The molecule has 0 saturated heterocycles. The van der Waals surface area contributed by atoms with Gasteiger partial charge in [0.15, 0.2) is 0 Å². The second-order valence-electron chi connectivity index (χ2n) is 11.4. The zero-order valence-corrected chi connectivity index (χ0v) is 22.7. The number of rotatable bonds is 3. The molecule has 2 aliphatic rings. The molecule has 0 aliphatic heterocycles. The van der Waals surface area contributed by atoms with Crippen molar-refractivity contribution in [3.05, 3.63) is 132 Å². The van der Waals surface area contributed by atoms with Gasteiger partial charge in [0.05, 0.1) is 22.4 Å². The van der Waals surface area contributed by atoms with Crippen LogP contribution in [0.3, 0.4) is 0 Å². The summed E-state index contributed by atoms with van der Waals surface area (Å²) < 4.78 is 2.27. The summed E-state index contributed by atoms with van der Waals surface area (Å²) in [4.78, 5) is 10.5. The van der Waals surface area contributed by atoms with Crippen molar-refractivity contribution in [3.8, 4) is 28.3 Å². The predicted octanol–water partition coefficient (Wildman–Crippen LogP) is 9.28. The van der Waals surface area contributed by atoms with E-state index < -0.39 is 0 Å². The molecule has 192 valence electrons. The summed E-state index contributed by atoms with van der Waals surface area (Å²) in [6.45, 7) is 4.68. The van der Waals surface area contributed by atoms with Crippen molar-refractivity contribution in [1.29, 1.82) is 0 Å². The Hall–Kier alpha value is -4.76. The molecule has 0 radical (unpaired) electrons. The Morgan fingerprint density at radius 1 is 0.675 bits per heavy atom. The van der Waals surface area contributed by atoms with E-state index in [4.69, 9.17) is 9.97 Å². The highest BCUT2D eigenvalue weighted by Gasteiger charge is 2.36. The van der Waals surface area contributed by atoms with Gasteiger partial charge in [0, 0.05) is 21.8 Å². The first-order valence-electron chi connectivity index (χ1n) is 14.1. The van der Waals surface area contributed by atoms with Crippen LogP contribution in [0.25, 0.3) is 55.7 Å². The van der Waals surface area contributed by atoms with Gasteiger partial charge in [0.1, 0.15) is 0 Å². The van der Waals surface area contributed by atoms with E-state index in [9.17, 15) is 0 Å². The number of para-hydroxylation sites is 1. The van der Waals surface area contributed by atoms with E-state index in [-0.39, 0.29) is 5.41 Å². The van der Waals surface area contributed by atoms with Gasteiger partial charge in [-0.25, -0.2) is 9.97 Å². The molecule has 3 heteroatoms. The van der Waals surface area contributed by atoms with Crippen molar-refractivity contribution in [2.24, 2.45) is 0 Å². The Kier molecular flexibility index (Phi) is 4.99. The summed E-state index contributed by atoms with van der Waals surface area (Å²) in [7, 11) is 0. The molecule has 2 heterocycles. The third-order valence-corrected chi connectivity index (χ3v) is 8.70. The van der Waals surface area contributed by atoms with Gasteiger partial charge in [0.2, 0.25) is 5.95 Å². The molecule has 4 aromatic carbocycles. The Morgan fingerprint density at radius 3 is 2.30 bits per heavy atom. The third-order valence-electron chi connectivity index (χ3n) is 8.70. The van der Waals surface area contributed by atoms with Gasteiger partial charge in [-0.05, 0) is 64.9 Å². The van der Waals surface area contributed by atoms with Crippen LogP contribution in [0.15, 0.2) is 115 Å². The van der Waals surface area contributed by atoms with E-state index in [1.807, 2.05) is 6.07 Å². The van der Waals surface area contributed by atoms with Crippen molar-refractivity contribution in [1.82, 2.24) is 14.5 Å². The molecule has 6 aromatic rings. The minimum absolute atomic E-state index is 0.0544. The molecule has 0 N–H and O–H groups in total. The van der Waals surface area contributed by atoms with Crippen LogP contribution in [0.2, 0.25) is 0 Å². The van der Waals surface area contributed by atoms with Crippen LogP contribution >= 0.6 is 0 Å². The lowest BCUT2D eigenvalue weighted by Gasteiger charge is -2.21. The number of nitrogens with zero attached hydrogens (tertiary/aromatic N) is 3. The fourth-order valence-corrected chi connectivity index (χ4v) is 6.65. The summed E-state index contributed by atoms with van der Waals surface area (Å²) in [6.07, 6.45) is 8.57. The molecule has 40 heavy (non-hydrogen) atoms. The second kappa shape index (κ2) is 8.62. The molecule has 2 aliphatic carbocycles. The second-order valence-corrected chi connectivity index (χ2v) is 11.4. The monoisotopic (exact) mass is 515 g/mol. The molecule has 0 atom stereocenters. The molecule has 0 spiro atoms. The number of allylic oxidation sites excluding steroid dienone is 4. The molecule has 8 rings (SSSR count). The molecular weight excluding hydrogens is 486 g/mol. The van der Waals surface area contributed by atoms with Crippen LogP contribution < -0.4 is 0 Å². The summed E-state index contributed by atoms with van der Waals surface area (Å²) in [6, 6.07) is 34.9. The van der Waals surface area contributed by atoms with E-state index in [0.717, 1.165) is 40.8 Å². The normalized spacial score (nSPS) is 15.3. The van der Waals surface area contributed by atoms with E-state index >= 15 is 0 Å². The third kappa shape index (κ3) is 3.37. The van der Waals surface area contributed by atoms with E-state index in [1.54, 1.807) is 0 Å². The topological polar surface area (TPSA) is 30.7 Å². The Balaban J connectivity index is 1.46. The number of hydrogen-bond acceptors (Lipinski definition) is 2. The molecule has 0 unspecified atom stereocenters. The van der Waals surface area contributed by atoms with Crippen molar-refractivity contribution in [2.45, 2.75) is 32.1 Å². The maximum atomic E-state index is 5.24. The Labute approximate surface area is 234 Å². The van der Waals surface area contributed by atoms with E-state index in [2.05, 4.69) is 128 Å². The summed E-state index contributed by atoms with van der Waals surface area (Å²) in [5, 5.41) is 2.47. The zero-order valence-electron chi connectivity index (χ0n) is 22.7. The largest absolute Gasteiger partial charge is 0.278 e. The van der Waals surface area contributed by atoms with Crippen LogP contribution in [0, 0.1) is 0 Å². The average molecular weight is 516 g/mol. The standard InChI is InChI=1S/C37H29N3/c1-37(2)30-19-11-9-17-26(30)28-22-35-29(21-31(28)37)27-18-10-12-20-34(27)40(35)36-38-32(24-13-5-3-6-14-24)23-33(39-36)25-15-7-4-8-16-25/h3-7,9-15,17-23H,8,16H2,1-2H3. The molecule has 3 nitrogen and oxygen atoms in total. The fraction of sp³-hybridized carbons (Fsp3) is 0.135. The number of hydrogen-bond donors (Lipinski definition) is 0. The highest BCUT2D eigenvalue weighted by molar-refractivity contribution is 6.11. The summed E-state index contributed by atoms with van der Waals surface area (Å²) >= 11 is 0. The van der Waals surface area contributed by atoms with Crippen molar-refractivity contribution >= 4 is 27.4 Å². The molecule has 2 aromatic heterocycles. The maximum absolute atomic E-state index is 5.24. The lowest BCUT2D eigenvalue weighted by atomic mass is 9.82. The Bertz CT molecular complexity index is 2020. The van der Waals surface area contributed by atoms with Gasteiger partial charge in [-0.2, -0.15) is 0 Å². The highest BCUT2D eigenvalue weighted by Crippen LogP contribution is 2.50. The van der Waals surface area contributed by atoms with Crippen LogP contribution in [-0.2, 0) is 5.41 Å². The van der Waals surface area contributed by atoms with Gasteiger partial charge < -0.3 is 0 Å². The van der Waals surface area contributed by atoms with Crippen molar-refractivity contribution in [3.63, 3.8) is 0 Å². The van der Waals surface area contributed by atoms with E-state index in [0.29, 0.717) is 5.95 Å². The summed E-state index contributed by atoms with van der Waals surface area (Å²) in [5.74, 6) is 0.712. The maximum Gasteiger partial charge on any atom is 0.235 e. The highest BCUT2D eigenvalue weighted by atomic mass is 15.2. The minimum Gasteiger partial charge on any atom is -0.278 e. The van der Waals surface area contributed by atoms with Crippen molar-refractivity contribution < 1.29 is 0 Å². The number of fused-ring (bicyclic) bond motifs is 6. The van der Waals surface area contributed by atoms with Crippen LogP contribution in [-0.4, -0.2) is 14.5 Å². The van der Waals surface area contributed by atoms with Gasteiger partial charge in [-0.3, -0.25) is 4.57 Å². The quantitative estimate of drug-likeness (QED) is 0.235. The Morgan fingerprint density at radius 2 is 1.45 bits per heavy atom. The van der Waals surface area contributed by atoms with Crippen LogP contribution in [0.4, 0.5) is 0 Å². The van der Waals surface area contributed by atoms with Crippen LogP contribution in [0.5, 0.6) is 0 Å².